The summed E-state index contributed by atoms with van der Waals surface area (Å²) in [5.74, 6) is 1.85. The molecule has 4 aliphatic rings. The van der Waals surface area contributed by atoms with Crippen LogP contribution in [0.1, 0.15) is 42.5 Å². The third kappa shape index (κ3) is 3.26. The number of hydrogen-bond acceptors (Lipinski definition) is 4. The van der Waals surface area contributed by atoms with Crippen LogP contribution in [-0.2, 0) is 4.79 Å². The van der Waals surface area contributed by atoms with Gasteiger partial charge in [-0.1, -0.05) is 12.5 Å². The first-order chi connectivity index (χ1) is 13.1. The summed E-state index contributed by atoms with van der Waals surface area (Å²) in [4.78, 5) is 30.2. The zero-order valence-electron chi connectivity index (χ0n) is 16.1. The van der Waals surface area contributed by atoms with E-state index < -0.39 is 0 Å². The van der Waals surface area contributed by atoms with E-state index in [9.17, 15) is 9.59 Å². The molecule has 0 unspecified atom stereocenters. The number of amides is 2. The maximum atomic E-state index is 13.4. The Labute approximate surface area is 160 Å². The van der Waals surface area contributed by atoms with Gasteiger partial charge >= 0.3 is 0 Å². The highest BCUT2D eigenvalue weighted by molar-refractivity contribution is 6.00. The van der Waals surface area contributed by atoms with E-state index >= 15 is 0 Å². The molecule has 6 nitrogen and oxygen atoms in total. The fraction of sp³-hybridized carbons (Fsp3) is 0.619. The standard InChI is InChI=1S/C21H28N2O4/c1-26-17-7-4-8-18(27-2)19(17)21(25)23-12-14-9-10-16(23)13-22(11-14)20(24)15-5-3-6-15/h4,7-8,14-16H,3,5-6,9-13H2,1-2H3/t14-,16+/m0/s1. The second-order valence-electron chi connectivity index (χ2n) is 7.96. The lowest BCUT2D eigenvalue weighted by atomic mass is 9.84. The predicted molar refractivity (Wildman–Crippen MR) is 101 cm³/mol. The van der Waals surface area contributed by atoms with Crippen molar-refractivity contribution in [3.05, 3.63) is 23.8 Å². The Morgan fingerprint density at radius 1 is 0.963 bits per heavy atom. The van der Waals surface area contributed by atoms with Crippen molar-refractivity contribution in [2.24, 2.45) is 11.8 Å². The molecule has 0 N–H and O–H groups in total. The summed E-state index contributed by atoms with van der Waals surface area (Å²) < 4.78 is 10.9. The Bertz CT molecular complexity index is 709. The van der Waals surface area contributed by atoms with Crippen LogP contribution in [0.2, 0.25) is 0 Å². The van der Waals surface area contributed by atoms with Crippen LogP contribution >= 0.6 is 0 Å². The molecule has 1 aliphatic carbocycles. The molecule has 4 fully saturated rings. The van der Waals surface area contributed by atoms with Gasteiger partial charge in [-0.2, -0.15) is 0 Å². The van der Waals surface area contributed by atoms with Crippen LogP contribution in [0.3, 0.4) is 0 Å². The van der Waals surface area contributed by atoms with E-state index in [1.165, 1.54) is 0 Å². The average molecular weight is 372 g/mol. The number of methoxy groups -OCH3 is 2. The number of piperidine rings is 1. The summed E-state index contributed by atoms with van der Waals surface area (Å²) in [7, 11) is 3.14. The average Bonchev–Trinajstić information content (AvgIpc) is 2.97. The van der Waals surface area contributed by atoms with Gasteiger partial charge in [0.05, 0.1) is 14.2 Å². The lowest BCUT2D eigenvalue weighted by Gasteiger charge is -2.36. The van der Waals surface area contributed by atoms with E-state index in [4.69, 9.17) is 9.47 Å². The maximum absolute atomic E-state index is 13.4. The van der Waals surface area contributed by atoms with Crippen LogP contribution in [0.4, 0.5) is 0 Å². The minimum Gasteiger partial charge on any atom is -0.496 e. The molecular formula is C21H28N2O4. The summed E-state index contributed by atoms with van der Waals surface area (Å²) in [5, 5.41) is 0. The first-order valence-corrected chi connectivity index (χ1v) is 9.93. The number of fused-ring (bicyclic) bond motifs is 4. The number of nitrogens with zero attached hydrogens (tertiary/aromatic N) is 2. The maximum Gasteiger partial charge on any atom is 0.261 e. The molecule has 0 spiro atoms. The van der Waals surface area contributed by atoms with Crippen molar-refractivity contribution in [2.45, 2.75) is 38.1 Å². The van der Waals surface area contributed by atoms with Gasteiger partial charge in [-0.25, -0.2) is 0 Å². The van der Waals surface area contributed by atoms with E-state index in [1.807, 2.05) is 15.9 Å². The van der Waals surface area contributed by atoms with Crippen molar-refractivity contribution in [1.29, 1.82) is 0 Å². The fourth-order valence-electron chi connectivity index (χ4n) is 4.63. The molecule has 1 aromatic rings. The number of rotatable bonds is 4. The quantitative estimate of drug-likeness (QED) is 0.815. The Kier molecular flexibility index (Phi) is 4.98. The van der Waals surface area contributed by atoms with Gasteiger partial charge in [0.1, 0.15) is 17.1 Å². The van der Waals surface area contributed by atoms with E-state index in [-0.39, 0.29) is 17.9 Å². The van der Waals surface area contributed by atoms with Gasteiger partial charge in [0.25, 0.3) is 5.91 Å². The molecule has 1 aromatic carbocycles. The summed E-state index contributed by atoms with van der Waals surface area (Å²) in [6.07, 6.45) is 5.22. The highest BCUT2D eigenvalue weighted by atomic mass is 16.5. The summed E-state index contributed by atoms with van der Waals surface area (Å²) in [5.41, 5.74) is 0.479. The molecule has 1 saturated carbocycles. The lowest BCUT2D eigenvalue weighted by molar-refractivity contribution is -0.138. The molecule has 6 heteroatoms. The molecule has 0 aromatic heterocycles. The molecule has 5 rings (SSSR count). The van der Waals surface area contributed by atoms with Gasteiger partial charge < -0.3 is 19.3 Å². The van der Waals surface area contributed by atoms with Gasteiger partial charge in [0.2, 0.25) is 5.91 Å². The highest BCUT2D eigenvalue weighted by Gasteiger charge is 2.41. The molecule has 3 heterocycles. The summed E-state index contributed by atoms with van der Waals surface area (Å²) in [6.45, 7) is 2.12. The van der Waals surface area contributed by atoms with Crippen LogP contribution in [0.25, 0.3) is 0 Å². The zero-order chi connectivity index (χ0) is 19.0. The molecule has 27 heavy (non-hydrogen) atoms. The van der Waals surface area contributed by atoms with Crippen molar-refractivity contribution >= 4 is 11.8 Å². The van der Waals surface area contributed by atoms with E-state index in [1.54, 1.807) is 26.4 Å². The molecule has 0 radical (unpaired) electrons. The number of carbonyl (C=O) groups is 2. The van der Waals surface area contributed by atoms with Crippen molar-refractivity contribution in [1.82, 2.24) is 9.80 Å². The second-order valence-corrected chi connectivity index (χ2v) is 7.96. The predicted octanol–water partition coefficient (Wildman–Crippen LogP) is 2.57. The molecule has 3 saturated heterocycles. The molecule has 2 atom stereocenters. The highest BCUT2D eigenvalue weighted by Crippen LogP contribution is 2.36. The number of carbonyl (C=O) groups excluding carboxylic acids is 2. The van der Waals surface area contributed by atoms with Crippen LogP contribution < -0.4 is 9.47 Å². The second kappa shape index (κ2) is 7.41. The van der Waals surface area contributed by atoms with Crippen LogP contribution in [0.15, 0.2) is 18.2 Å². The first-order valence-electron chi connectivity index (χ1n) is 9.93. The minimum atomic E-state index is -0.0584. The van der Waals surface area contributed by atoms with Gasteiger partial charge in [0, 0.05) is 31.6 Å². The third-order valence-electron chi connectivity index (χ3n) is 6.38. The topological polar surface area (TPSA) is 59.1 Å². The van der Waals surface area contributed by atoms with Crippen molar-refractivity contribution < 1.29 is 19.1 Å². The molecule has 2 amide bonds. The molecule has 2 bridgehead atoms. The van der Waals surface area contributed by atoms with Crippen molar-refractivity contribution in [3.8, 4) is 11.5 Å². The summed E-state index contributed by atoms with van der Waals surface area (Å²) in [6, 6.07) is 5.47. The minimum absolute atomic E-state index is 0.0584. The first kappa shape index (κ1) is 18.1. The fourth-order valence-corrected chi connectivity index (χ4v) is 4.63. The zero-order valence-corrected chi connectivity index (χ0v) is 16.1. The van der Waals surface area contributed by atoms with Crippen molar-refractivity contribution in [2.75, 3.05) is 33.9 Å². The number of benzene rings is 1. The monoisotopic (exact) mass is 372 g/mol. The van der Waals surface area contributed by atoms with E-state index in [2.05, 4.69) is 0 Å². The SMILES string of the molecule is COc1cccc(OC)c1C(=O)N1C[C@H]2CC[C@@H]1CN(C(=O)C1CCC1)C2. The van der Waals surface area contributed by atoms with E-state index in [0.29, 0.717) is 42.0 Å². The van der Waals surface area contributed by atoms with Crippen LogP contribution in [0, 0.1) is 11.8 Å². The van der Waals surface area contributed by atoms with Crippen LogP contribution in [-0.4, -0.2) is 61.5 Å². The number of ether oxygens (including phenoxy) is 2. The van der Waals surface area contributed by atoms with Crippen molar-refractivity contribution in [3.63, 3.8) is 0 Å². The smallest absolute Gasteiger partial charge is 0.261 e. The largest absolute Gasteiger partial charge is 0.496 e. The Morgan fingerprint density at radius 3 is 2.26 bits per heavy atom. The normalized spacial score (nSPS) is 25.0. The van der Waals surface area contributed by atoms with E-state index in [0.717, 1.165) is 38.6 Å². The Hall–Kier alpha value is -2.24. The number of hydrogen-bond donors (Lipinski definition) is 0. The molecular weight excluding hydrogens is 344 g/mol. The summed E-state index contributed by atoms with van der Waals surface area (Å²) >= 11 is 0. The Morgan fingerprint density at radius 2 is 1.67 bits per heavy atom. The van der Waals surface area contributed by atoms with Gasteiger partial charge in [0.15, 0.2) is 0 Å². The Balaban J connectivity index is 1.58. The lowest BCUT2D eigenvalue weighted by Crippen LogP contribution is -2.48. The third-order valence-corrected chi connectivity index (χ3v) is 6.38. The molecule has 146 valence electrons. The van der Waals surface area contributed by atoms with Gasteiger partial charge in [-0.15, -0.1) is 0 Å². The van der Waals surface area contributed by atoms with Crippen LogP contribution in [0.5, 0.6) is 11.5 Å². The van der Waals surface area contributed by atoms with Gasteiger partial charge in [-0.05, 0) is 43.7 Å². The molecule has 3 aliphatic heterocycles. The van der Waals surface area contributed by atoms with Gasteiger partial charge in [-0.3, -0.25) is 9.59 Å².